The molecule has 0 unspecified atom stereocenters. The van der Waals surface area contributed by atoms with Gasteiger partial charge >= 0.3 is 0 Å². The second kappa shape index (κ2) is 7.39. The largest absolute Gasteiger partial charge is 0.379 e. The molecule has 2 aliphatic heterocycles. The molecule has 1 aromatic heterocycles. The number of morpholine rings is 1. The van der Waals surface area contributed by atoms with Crippen LogP contribution in [0.5, 0.6) is 0 Å². The Morgan fingerprint density at radius 2 is 1.83 bits per heavy atom. The molecule has 0 spiro atoms. The molecule has 0 amide bonds. The first-order valence-electron chi connectivity index (χ1n) is 10.4. The van der Waals surface area contributed by atoms with Gasteiger partial charge in [-0.05, 0) is 18.9 Å². The zero-order valence-corrected chi connectivity index (χ0v) is 17.5. The van der Waals surface area contributed by atoms with Crippen LogP contribution in [0.4, 0.5) is 8.78 Å². The third kappa shape index (κ3) is 3.56. The van der Waals surface area contributed by atoms with E-state index in [-0.39, 0.29) is 24.6 Å². The van der Waals surface area contributed by atoms with Crippen LogP contribution in [0.3, 0.4) is 0 Å². The quantitative estimate of drug-likeness (QED) is 0.736. The lowest BCUT2D eigenvalue weighted by Gasteiger charge is -2.30. The molecule has 1 saturated carbocycles. The van der Waals surface area contributed by atoms with E-state index in [1.807, 2.05) is 10.7 Å². The molecule has 1 aliphatic carbocycles. The fraction of sp³-hybridized carbons (Fsp3) is 0.571. The number of fused-ring (bicyclic) bond motifs is 3. The van der Waals surface area contributed by atoms with Crippen molar-refractivity contribution in [2.24, 2.45) is 0 Å². The average Bonchev–Trinajstić information content (AvgIpc) is 3.06. The smallest absolute Gasteiger partial charge is 0.248 e. The Morgan fingerprint density at radius 3 is 2.57 bits per heavy atom. The molecular formula is C21H25F2N3O3S. The molecule has 9 heteroatoms. The van der Waals surface area contributed by atoms with Crippen LogP contribution in [0.25, 0.3) is 11.3 Å². The molecule has 0 bridgehead atoms. The molecule has 3 aliphatic rings. The number of nitrogens with zero attached hydrogens (tertiary/aromatic N) is 3. The van der Waals surface area contributed by atoms with Crippen molar-refractivity contribution < 1.29 is 21.9 Å². The second-order valence-corrected chi connectivity index (χ2v) is 10.4. The molecule has 0 radical (unpaired) electrons. The third-order valence-electron chi connectivity index (χ3n) is 6.41. The summed E-state index contributed by atoms with van der Waals surface area (Å²) in [5.41, 5.74) is 2.88. The lowest BCUT2D eigenvalue weighted by molar-refractivity contribution is -0.0448. The summed E-state index contributed by atoms with van der Waals surface area (Å²) >= 11 is 0. The van der Waals surface area contributed by atoms with Gasteiger partial charge < -0.3 is 4.74 Å². The molecule has 1 aromatic carbocycles. The number of rotatable bonds is 3. The highest BCUT2D eigenvalue weighted by atomic mass is 32.2. The van der Waals surface area contributed by atoms with Crippen molar-refractivity contribution in [3.8, 4) is 11.3 Å². The molecule has 3 heterocycles. The number of alkyl halides is 2. The van der Waals surface area contributed by atoms with Gasteiger partial charge in [-0.25, -0.2) is 17.2 Å². The molecule has 2 fully saturated rings. The standard InChI is InChI=1S/C21H25F2N3O3S/c22-21(23)7-5-15(6-8-21)26-20-16-3-1-2-4-19(16)30(27,28)14-17(20)18(24-26)13-25-9-11-29-12-10-25/h1-4,15H,5-14H2. The van der Waals surface area contributed by atoms with Crippen molar-refractivity contribution >= 4 is 9.84 Å². The van der Waals surface area contributed by atoms with Crippen molar-refractivity contribution in [2.75, 3.05) is 26.3 Å². The number of sulfone groups is 1. The minimum absolute atomic E-state index is 0.0953. The van der Waals surface area contributed by atoms with Gasteiger partial charge in [-0.15, -0.1) is 0 Å². The normalized spacial score (nSPS) is 23.7. The van der Waals surface area contributed by atoms with Gasteiger partial charge in [0.15, 0.2) is 9.84 Å². The maximum Gasteiger partial charge on any atom is 0.248 e. The fourth-order valence-corrected chi connectivity index (χ4v) is 6.41. The minimum Gasteiger partial charge on any atom is -0.379 e. The van der Waals surface area contributed by atoms with Crippen LogP contribution in [0.1, 0.15) is 43.0 Å². The molecule has 5 rings (SSSR count). The van der Waals surface area contributed by atoms with E-state index in [1.165, 1.54) is 0 Å². The maximum absolute atomic E-state index is 13.8. The molecule has 162 valence electrons. The number of halogens is 2. The summed E-state index contributed by atoms with van der Waals surface area (Å²) in [5, 5.41) is 4.85. The van der Waals surface area contributed by atoms with Crippen LogP contribution in [0.2, 0.25) is 0 Å². The van der Waals surface area contributed by atoms with Crippen molar-refractivity contribution in [1.29, 1.82) is 0 Å². The van der Waals surface area contributed by atoms with Crippen LogP contribution in [-0.4, -0.2) is 55.3 Å². The molecule has 2 aromatic rings. The van der Waals surface area contributed by atoms with Crippen molar-refractivity contribution in [2.45, 2.75) is 54.8 Å². The monoisotopic (exact) mass is 437 g/mol. The summed E-state index contributed by atoms with van der Waals surface area (Å²) in [6.45, 7) is 3.35. The summed E-state index contributed by atoms with van der Waals surface area (Å²) in [7, 11) is -3.47. The Balaban J connectivity index is 1.60. The van der Waals surface area contributed by atoms with Gasteiger partial charge in [0.2, 0.25) is 5.92 Å². The van der Waals surface area contributed by atoms with E-state index in [2.05, 4.69) is 4.90 Å². The SMILES string of the molecule is O=S1(=O)Cc2c(CN3CCOCC3)nn(C3CCC(F)(F)CC3)c2-c2ccccc21. The van der Waals surface area contributed by atoms with Crippen LogP contribution in [0.15, 0.2) is 29.2 Å². The van der Waals surface area contributed by atoms with Crippen LogP contribution < -0.4 is 0 Å². The predicted molar refractivity (Wildman–Crippen MR) is 107 cm³/mol. The van der Waals surface area contributed by atoms with Crippen LogP contribution >= 0.6 is 0 Å². The van der Waals surface area contributed by atoms with E-state index in [1.54, 1.807) is 18.2 Å². The van der Waals surface area contributed by atoms with Gasteiger partial charge in [0.05, 0.1) is 41.3 Å². The predicted octanol–water partition coefficient (Wildman–Crippen LogP) is 3.42. The van der Waals surface area contributed by atoms with E-state index in [4.69, 9.17) is 9.84 Å². The first-order valence-corrected chi connectivity index (χ1v) is 12.1. The van der Waals surface area contributed by atoms with Crippen molar-refractivity contribution in [1.82, 2.24) is 14.7 Å². The Morgan fingerprint density at radius 1 is 1.13 bits per heavy atom. The van der Waals surface area contributed by atoms with E-state index >= 15 is 0 Å². The second-order valence-electron chi connectivity index (χ2n) is 8.45. The minimum atomic E-state index is -3.47. The molecule has 30 heavy (non-hydrogen) atoms. The number of aromatic nitrogens is 2. The molecule has 0 N–H and O–H groups in total. The number of hydrogen-bond donors (Lipinski definition) is 0. The zero-order valence-electron chi connectivity index (χ0n) is 16.7. The van der Waals surface area contributed by atoms with E-state index < -0.39 is 15.8 Å². The highest BCUT2D eigenvalue weighted by Crippen LogP contribution is 2.44. The van der Waals surface area contributed by atoms with Crippen molar-refractivity contribution in [3.05, 3.63) is 35.5 Å². The number of hydrogen-bond acceptors (Lipinski definition) is 5. The third-order valence-corrected chi connectivity index (χ3v) is 8.11. The summed E-state index contributed by atoms with van der Waals surface area (Å²) in [4.78, 5) is 2.51. The summed E-state index contributed by atoms with van der Waals surface area (Å²) < 4.78 is 60.8. The van der Waals surface area contributed by atoms with Gasteiger partial charge in [-0.3, -0.25) is 9.58 Å². The topological polar surface area (TPSA) is 64.4 Å². The van der Waals surface area contributed by atoms with Crippen molar-refractivity contribution in [3.63, 3.8) is 0 Å². The molecule has 0 atom stereocenters. The summed E-state index contributed by atoms with van der Waals surface area (Å²) in [6.07, 6.45) is 0.357. The Hall–Kier alpha value is -1.84. The van der Waals surface area contributed by atoms with Gasteiger partial charge in [0, 0.05) is 43.6 Å². The summed E-state index contributed by atoms with van der Waals surface area (Å²) in [5.74, 6) is -2.72. The fourth-order valence-electron chi connectivity index (χ4n) is 4.79. The first-order chi connectivity index (χ1) is 14.3. The number of benzene rings is 1. The lowest BCUT2D eigenvalue weighted by atomic mass is 9.92. The molecular weight excluding hydrogens is 412 g/mol. The van der Waals surface area contributed by atoms with E-state index in [9.17, 15) is 17.2 Å². The van der Waals surface area contributed by atoms with Gasteiger partial charge in [-0.2, -0.15) is 5.10 Å². The first kappa shape index (κ1) is 20.1. The molecule has 6 nitrogen and oxygen atoms in total. The summed E-state index contributed by atoms with van der Waals surface area (Å²) in [6, 6.07) is 6.82. The maximum atomic E-state index is 13.8. The zero-order chi connectivity index (χ0) is 20.9. The lowest BCUT2D eigenvalue weighted by Crippen LogP contribution is -2.36. The Labute approximate surface area is 174 Å². The van der Waals surface area contributed by atoms with E-state index in [0.29, 0.717) is 43.1 Å². The highest BCUT2D eigenvalue weighted by Gasteiger charge is 2.40. The van der Waals surface area contributed by atoms with Gasteiger partial charge in [0.25, 0.3) is 0 Å². The van der Waals surface area contributed by atoms with Crippen LogP contribution in [-0.2, 0) is 26.9 Å². The Bertz CT molecular complexity index is 1050. The van der Waals surface area contributed by atoms with Gasteiger partial charge in [-0.1, -0.05) is 18.2 Å². The van der Waals surface area contributed by atoms with Gasteiger partial charge in [0.1, 0.15) is 0 Å². The van der Waals surface area contributed by atoms with E-state index in [0.717, 1.165) is 30.0 Å². The highest BCUT2D eigenvalue weighted by molar-refractivity contribution is 7.90. The van der Waals surface area contributed by atoms with Crippen LogP contribution in [0, 0.1) is 0 Å². The Kier molecular flexibility index (Phi) is 4.95. The molecule has 1 saturated heterocycles. The average molecular weight is 438 g/mol. The number of ether oxygens (including phenoxy) is 1.